The minimum Gasteiger partial charge on any atom is -0.488 e. The van der Waals surface area contributed by atoms with Crippen molar-refractivity contribution >= 4 is 16.5 Å². The summed E-state index contributed by atoms with van der Waals surface area (Å²) in [6.45, 7) is 6.95. The Kier molecular flexibility index (Phi) is 4.10. The zero-order chi connectivity index (χ0) is 16.6. The van der Waals surface area contributed by atoms with E-state index < -0.39 is 0 Å². The molecular formula is C18H22N2O3S. The number of rotatable bonds is 5. The fraction of sp³-hybridized carbons (Fsp3) is 0.500. The number of nitrogens with zero attached hydrogens (tertiary/aromatic N) is 1. The van der Waals surface area contributed by atoms with Gasteiger partial charge in [-0.2, -0.15) is 0 Å². The predicted molar refractivity (Wildman–Crippen MR) is 94.3 cm³/mol. The van der Waals surface area contributed by atoms with Crippen LogP contribution in [0.1, 0.15) is 30.0 Å². The largest absolute Gasteiger partial charge is 0.488 e. The number of nitrogens with one attached hydrogen (secondary N) is 1. The maximum atomic E-state index is 6.03. The molecule has 0 amide bonds. The molecule has 4 rings (SSSR count). The van der Waals surface area contributed by atoms with Crippen molar-refractivity contribution in [3.05, 3.63) is 34.3 Å². The molecule has 2 aliphatic heterocycles. The highest BCUT2D eigenvalue weighted by atomic mass is 32.1. The van der Waals surface area contributed by atoms with Crippen molar-refractivity contribution in [2.75, 3.05) is 25.1 Å². The van der Waals surface area contributed by atoms with E-state index in [1.165, 1.54) is 16.1 Å². The molecule has 1 aromatic carbocycles. The first-order valence-corrected chi connectivity index (χ1v) is 9.16. The molecule has 6 heteroatoms. The third-order valence-corrected chi connectivity index (χ3v) is 5.21. The second-order valence-corrected chi connectivity index (χ2v) is 7.83. The predicted octanol–water partition coefficient (Wildman–Crippen LogP) is 3.42. The van der Waals surface area contributed by atoms with Crippen molar-refractivity contribution in [1.29, 1.82) is 0 Å². The summed E-state index contributed by atoms with van der Waals surface area (Å²) in [6, 6.07) is 6.11. The van der Waals surface area contributed by atoms with Crippen LogP contribution in [0.5, 0.6) is 11.5 Å². The van der Waals surface area contributed by atoms with E-state index in [0.29, 0.717) is 19.8 Å². The number of anilines is 1. The molecule has 24 heavy (non-hydrogen) atoms. The van der Waals surface area contributed by atoms with E-state index in [-0.39, 0.29) is 5.60 Å². The highest BCUT2D eigenvalue weighted by molar-refractivity contribution is 7.15. The summed E-state index contributed by atoms with van der Waals surface area (Å²) in [6.07, 6.45) is 1.83. The molecular weight excluding hydrogens is 324 g/mol. The van der Waals surface area contributed by atoms with Crippen molar-refractivity contribution in [2.24, 2.45) is 0 Å². The molecule has 0 saturated carbocycles. The van der Waals surface area contributed by atoms with Crippen LogP contribution in [0.4, 0.5) is 5.13 Å². The second kappa shape index (κ2) is 6.26. The van der Waals surface area contributed by atoms with Gasteiger partial charge in [-0.3, -0.25) is 0 Å². The third-order valence-electron chi connectivity index (χ3n) is 4.19. The Bertz CT molecular complexity index is 718. The van der Waals surface area contributed by atoms with Gasteiger partial charge in [-0.05, 0) is 19.9 Å². The maximum Gasteiger partial charge on any atom is 0.183 e. The number of ether oxygens (including phenoxy) is 3. The van der Waals surface area contributed by atoms with E-state index >= 15 is 0 Å². The van der Waals surface area contributed by atoms with Gasteiger partial charge in [0.2, 0.25) is 0 Å². The van der Waals surface area contributed by atoms with E-state index in [1.54, 1.807) is 11.3 Å². The SMILES string of the molecule is CC1(C)Cc2cccc(OCCNc3nc4c(s3)COCC4)c2O1. The van der Waals surface area contributed by atoms with Gasteiger partial charge in [0, 0.05) is 18.4 Å². The first kappa shape index (κ1) is 15.7. The van der Waals surface area contributed by atoms with E-state index in [1.807, 2.05) is 12.1 Å². The molecule has 2 aliphatic rings. The van der Waals surface area contributed by atoms with Gasteiger partial charge >= 0.3 is 0 Å². The summed E-state index contributed by atoms with van der Waals surface area (Å²) in [5, 5.41) is 4.29. The van der Waals surface area contributed by atoms with Gasteiger partial charge in [-0.25, -0.2) is 4.98 Å². The van der Waals surface area contributed by atoms with E-state index in [9.17, 15) is 0 Å². The molecule has 5 nitrogen and oxygen atoms in total. The Labute approximate surface area is 146 Å². The normalized spacial score (nSPS) is 17.8. The van der Waals surface area contributed by atoms with Crippen LogP contribution >= 0.6 is 11.3 Å². The van der Waals surface area contributed by atoms with Crippen LogP contribution in [0.15, 0.2) is 18.2 Å². The maximum absolute atomic E-state index is 6.03. The van der Waals surface area contributed by atoms with Crippen molar-refractivity contribution in [3.63, 3.8) is 0 Å². The van der Waals surface area contributed by atoms with E-state index in [4.69, 9.17) is 14.2 Å². The molecule has 0 fully saturated rings. The van der Waals surface area contributed by atoms with Gasteiger partial charge in [-0.1, -0.05) is 23.5 Å². The van der Waals surface area contributed by atoms with Gasteiger partial charge in [0.1, 0.15) is 12.2 Å². The number of aromatic nitrogens is 1. The van der Waals surface area contributed by atoms with Crippen LogP contribution in [0.3, 0.4) is 0 Å². The lowest BCUT2D eigenvalue weighted by Gasteiger charge is -2.18. The molecule has 0 saturated heterocycles. The molecule has 3 heterocycles. The van der Waals surface area contributed by atoms with Crippen LogP contribution < -0.4 is 14.8 Å². The average molecular weight is 346 g/mol. The number of benzene rings is 1. The molecule has 128 valence electrons. The van der Waals surface area contributed by atoms with Crippen molar-refractivity contribution in [3.8, 4) is 11.5 Å². The molecule has 0 radical (unpaired) electrons. The van der Waals surface area contributed by atoms with Crippen molar-refractivity contribution < 1.29 is 14.2 Å². The van der Waals surface area contributed by atoms with Gasteiger partial charge in [0.25, 0.3) is 0 Å². The molecule has 2 aromatic rings. The zero-order valence-corrected chi connectivity index (χ0v) is 14.9. The number of para-hydroxylation sites is 1. The first-order valence-electron chi connectivity index (χ1n) is 8.35. The molecule has 0 spiro atoms. The lowest BCUT2D eigenvalue weighted by molar-refractivity contribution is 0.112. The van der Waals surface area contributed by atoms with Crippen LogP contribution in [-0.2, 0) is 24.2 Å². The minimum atomic E-state index is -0.151. The van der Waals surface area contributed by atoms with Crippen LogP contribution in [0.25, 0.3) is 0 Å². The quantitative estimate of drug-likeness (QED) is 0.841. The van der Waals surface area contributed by atoms with Crippen LogP contribution in [-0.4, -0.2) is 30.3 Å². The molecule has 1 N–H and O–H groups in total. The summed E-state index contributed by atoms with van der Waals surface area (Å²) >= 11 is 1.67. The topological polar surface area (TPSA) is 52.6 Å². The number of hydrogen-bond donors (Lipinski definition) is 1. The van der Waals surface area contributed by atoms with Gasteiger partial charge in [-0.15, -0.1) is 0 Å². The Morgan fingerprint density at radius 1 is 1.38 bits per heavy atom. The van der Waals surface area contributed by atoms with Crippen molar-refractivity contribution in [2.45, 2.75) is 38.9 Å². The fourth-order valence-corrected chi connectivity index (χ4v) is 4.09. The Morgan fingerprint density at radius 2 is 2.29 bits per heavy atom. The lowest BCUT2D eigenvalue weighted by atomic mass is 10.0. The first-order chi connectivity index (χ1) is 11.6. The summed E-state index contributed by atoms with van der Waals surface area (Å²) in [7, 11) is 0. The number of hydrogen-bond acceptors (Lipinski definition) is 6. The summed E-state index contributed by atoms with van der Waals surface area (Å²) in [4.78, 5) is 5.86. The molecule has 1 aromatic heterocycles. The van der Waals surface area contributed by atoms with Gasteiger partial charge in [0.15, 0.2) is 16.6 Å². The third kappa shape index (κ3) is 3.21. The number of fused-ring (bicyclic) bond motifs is 2. The van der Waals surface area contributed by atoms with Gasteiger partial charge in [0.05, 0.1) is 30.3 Å². The fourth-order valence-electron chi connectivity index (χ4n) is 3.12. The zero-order valence-electron chi connectivity index (χ0n) is 14.1. The molecule has 0 atom stereocenters. The smallest absolute Gasteiger partial charge is 0.183 e. The van der Waals surface area contributed by atoms with Crippen LogP contribution in [0, 0.1) is 0 Å². The lowest BCUT2D eigenvalue weighted by Crippen LogP contribution is -2.24. The Balaban J connectivity index is 1.32. The molecule has 0 aliphatic carbocycles. The molecule has 0 unspecified atom stereocenters. The summed E-state index contributed by atoms with van der Waals surface area (Å²) < 4.78 is 17.4. The van der Waals surface area contributed by atoms with E-state index in [2.05, 4.69) is 30.2 Å². The average Bonchev–Trinajstić information content (AvgIpc) is 3.10. The van der Waals surface area contributed by atoms with Gasteiger partial charge < -0.3 is 19.5 Å². The standard InChI is InChI=1S/C18H22N2O3S/c1-18(2)10-12-4-3-5-14(16(12)23-18)22-9-7-19-17-20-13-6-8-21-11-15(13)24-17/h3-5H,6-11H2,1-2H3,(H,19,20). The van der Waals surface area contributed by atoms with Crippen LogP contribution in [0.2, 0.25) is 0 Å². The van der Waals surface area contributed by atoms with Crippen molar-refractivity contribution in [1.82, 2.24) is 4.98 Å². The Morgan fingerprint density at radius 3 is 3.17 bits per heavy atom. The second-order valence-electron chi connectivity index (χ2n) is 6.75. The van der Waals surface area contributed by atoms with E-state index in [0.717, 1.165) is 36.1 Å². The minimum absolute atomic E-state index is 0.151. The monoisotopic (exact) mass is 346 g/mol. The highest BCUT2D eigenvalue weighted by Crippen LogP contribution is 2.41. The molecule has 0 bridgehead atoms. The number of thiazole rings is 1. The Hall–Kier alpha value is -1.79. The highest BCUT2D eigenvalue weighted by Gasteiger charge is 2.32. The summed E-state index contributed by atoms with van der Waals surface area (Å²) in [5.74, 6) is 1.72. The summed E-state index contributed by atoms with van der Waals surface area (Å²) in [5.41, 5.74) is 2.24.